The molecule has 0 saturated heterocycles. The Labute approximate surface area is 157 Å². The van der Waals surface area contributed by atoms with Crippen molar-refractivity contribution in [3.05, 3.63) is 59.3 Å². The van der Waals surface area contributed by atoms with Crippen LogP contribution in [0.15, 0.2) is 36.5 Å². The molecule has 0 amide bonds. The summed E-state index contributed by atoms with van der Waals surface area (Å²) in [5.41, 5.74) is 0.450. The number of para-hydroxylation sites is 1. The maximum atomic E-state index is 14.3. The Bertz CT molecular complexity index is 1200. The van der Waals surface area contributed by atoms with Crippen LogP contribution in [0.1, 0.15) is 17.0 Å². The molecule has 0 spiro atoms. The van der Waals surface area contributed by atoms with Crippen molar-refractivity contribution in [3.63, 3.8) is 0 Å². The van der Waals surface area contributed by atoms with Crippen LogP contribution >= 0.6 is 0 Å². The smallest absolute Gasteiger partial charge is 0.272 e. The van der Waals surface area contributed by atoms with Gasteiger partial charge in [0.05, 0.1) is 28.5 Å². The maximum absolute atomic E-state index is 14.3. The molecule has 0 aliphatic rings. The molecule has 0 aliphatic heterocycles. The summed E-state index contributed by atoms with van der Waals surface area (Å²) in [7, 11) is 1.69. The number of benzene rings is 1. The predicted molar refractivity (Wildman–Crippen MR) is 95.5 cm³/mol. The van der Waals surface area contributed by atoms with Gasteiger partial charge in [-0.15, -0.1) is 0 Å². The summed E-state index contributed by atoms with van der Waals surface area (Å²) < 4.78 is 58.5. The van der Waals surface area contributed by atoms with Gasteiger partial charge in [-0.3, -0.25) is 4.68 Å². The molecule has 0 unspecified atom stereocenters. The van der Waals surface area contributed by atoms with E-state index in [1.165, 1.54) is 31.3 Å². The molecule has 0 bridgehead atoms. The minimum atomic E-state index is -4.63. The summed E-state index contributed by atoms with van der Waals surface area (Å²) in [6, 6.07) is 6.74. The molecule has 28 heavy (non-hydrogen) atoms. The molecule has 1 aromatic carbocycles. The Hall–Kier alpha value is -3.23. The second-order valence-electron chi connectivity index (χ2n) is 6.47. The first-order valence-electron chi connectivity index (χ1n) is 8.40. The molecule has 9 heteroatoms. The number of alkyl halides is 3. The van der Waals surface area contributed by atoms with Gasteiger partial charge in [-0.25, -0.2) is 14.1 Å². The number of nitrogens with zero attached hydrogens (tertiary/aromatic N) is 5. The van der Waals surface area contributed by atoms with Gasteiger partial charge < -0.3 is 0 Å². The molecule has 5 nitrogen and oxygen atoms in total. The van der Waals surface area contributed by atoms with Crippen LogP contribution in [0.5, 0.6) is 0 Å². The quantitative estimate of drug-likeness (QED) is 0.471. The van der Waals surface area contributed by atoms with E-state index in [4.69, 9.17) is 0 Å². The summed E-state index contributed by atoms with van der Waals surface area (Å²) in [4.78, 5) is 4.41. The second kappa shape index (κ2) is 6.15. The molecule has 0 aliphatic carbocycles. The van der Waals surface area contributed by atoms with Crippen LogP contribution in [-0.2, 0) is 13.2 Å². The van der Waals surface area contributed by atoms with Gasteiger partial charge in [0.1, 0.15) is 11.5 Å². The number of rotatable bonds is 2. The van der Waals surface area contributed by atoms with E-state index in [0.717, 1.165) is 10.7 Å². The van der Waals surface area contributed by atoms with Crippen molar-refractivity contribution in [2.75, 3.05) is 0 Å². The number of fused-ring (bicyclic) bond motifs is 1. The first-order chi connectivity index (χ1) is 13.2. The van der Waals surface area contributed by atoms with Crippen LogP contribution in [0.3, 0.4) is 0 Å². The number of hydrogen-bond acceptors (Lipinski definition) is 3. The van der Waals surface area contributed by atoms with Gasteiger partial charge in [0.2, 0.25) is 0 Å². The van der Waals surface area contributed by atoms with Gasteiger partial charge in [-0.2, -0.15) is 23.4 Å². The van der Waals surface area contributed by atoms with Gasteiger partial charge in [-0.1, -0.05) is 12.1 Å². The molecule has 0 fully saturated rings. The Morgan fingerprint density at radius 3 is 2.39 bits per heavy atom. The summed E-state index contributed by atoms with van der Waals surface area (Å²) in [6.45, 7) is 3.19. The summed E-state index contributed by atoms with van der Waals surface area (Å²) in [5, 5.41) is 8.08. The normalized spacial score (nSPS) is 12.1. The average molecular weight is 389 g/mol. The Balaban J connectivity index is 2.11. The van der Waals surface area contributed by atoms with Crippen molar-refractivity contribution in [2.24, 2.45) is 7.05 Å². The van der Waals surface area contributed by atoms with E-state index in [-0.39, 0.29) is 28.1 Å². The van der Waals surface area contributed by atoms with Crippen molar-refractivity contribution in [3.8, 4) is 16.9 Å². The number of aryl methyl sites for hydroxylation is 2. The highest BCUT2D eigenvalue weighted by molar-refractivity contribution is 5.87. The molecule has 144 valence electrons. The highest BCUT2D eigenvalue weighted by atomic mass is 19.4. The second-order valence-corrected chi connectivity index (χ2v) is 6.47. The lowest BCUT2D eigenvalue weighted by Crippen LogP contribution is -2.08. The minimum Gasteiger partial charge on any atom is -0.272 e. The van der Waals surface area contributed by atoms with E-state index < -0.39 is 17.6 Å². The van der Waals surface area contributed by atoms with Crippen LogP contribution in [0.2, 0.25) is 0 Å². The maximum Gasteiger partial charge on any atom is 0.417 e. The largest absolute Gasteiger partial charge is 0.417 e. The zero-order chi connectivity index (χ0) is 20.2. The molecule has 4 aromatic rings. The zero-order valence-electron chi connectivity index (χ0n) is 15.2. The third-order valence-electron chi connectivity index (χ3n) is 4.71. The van der Waals surface area contributed by atoms with E-state index in [2.05, 4.69) is 15.2 Å². The lowest BCUT2D eigenvalue weighted by Gasteiger charge is -2.12. The third-order valence-corrected chi connectivity index (χ3v) is 4.71. The monoisotopic (exact) mass is 389 g/mol. The lowest BCUT2D eigenvalue weighted by molar-refractivity contribution is -0.136. The van der Waals surface area contributed by atoms with E-state index in [1.807, 2.05) is 0 Å². The SMILES string of the molecule is Cc1nn(-c2ccccc2F)c2nc(-c3cnn(C)c3C)cc(C(F)(F)F)c12. The van der Waals surface area contributed by atoms with E-state index in [9.17, 15) is 17.6 Å². The summed E-state index contributed by atoms with van der Waals surface area (Å²) >= 11 is 0. The van der Waals surface area contributed by atoms with Crippen molar-refractivity contribution in [1.82, 2.24) is 24.5 Å². The fourth-order valence-corrected chi connectivity index (χ4v) is 3.19. The van der Waals surface area contributed by atoms with Crippen molar-refractivity contribution in [1.29, 1.82) is 0 Å². The molecule has 0 N–H and O–H groups in total. The van der Waals surface area contributed by atoms with Crippen molar-refractivity contribution in [2.45, 2.75) is 20.0 Å². The molecule has 0 radical (unpaired) electrons. The highest BCUT2D eigenvalue weighted by Crippen LogP contribution is 2.39. The first-order valence-corrected chi connectivity index (χ1v) is 8.40. The fourth-order valence-electron chi connectivity index (χ4n) is 3.19. The predicted octanol–water partition coefficient (Wildman–Crippen LogP) is 4.60. The van der Waals surface area contributed by atoms with Gasteiger partial charge in [0.15, 0.2) is 5.65 Å². The summed E-state index contributed by atoms with van der Waals surface area (Å²) in [6.07, 6.45) is -3.17. The molecule has 3 aromatic heterocycles. The Morgan fingerprint density at radius 1 is 1.07 bits per heavy atom. The van der Waals surface area contributed by atoms with Crippen molar-refractivity contribution < 1.29 is 17.6 Å². The van der Waals surface area contributed by atoms with Crippen LogP contribution in [0.4, 0.5) is 17.6 Å². The molecule has 4 rings (SSSR count). The molecule has 0 atom stereocenters. The van der Waals surface area contributed by atoms with Gasteiger partial charge in [-0.05, 0) is 32.0 Å². The van der Waals surface area contributed by atoms with Crippen LogP contribution in [-0.4, -0.2) is 24.5 Å². The minimum absolute atomic E-state index is 0.0290. The third kappa shape index (κ3) is 2.74. The molecule has 3 heterocycles. The van der Waals surface area contributed by atoms with Crippen molar-refractivity contribution >= 4 is 11.0 Å². The van der Waals surface area contributed by atoms with Crippen LogP contribution < -0.4 is 0 Å². The molecular weight excluding hydrogens is 374 g/mol. The standard InChI is InChI=1S/C19H15F4N5/c1-10-17-13(19(21,22)23)8-15(12-9-24-27(3)11(12)2)25-18(17)28(26-10)16-7-5-4-6-14(16)20/h4-9H,1-3H3. The van der Waals surface area contributed by atoms with E-state index in [1.54, 1.807) is 24.7 Å². The Morgan fingerprint density at radius 2 is 1.79 bits per heavy atom. The fraction of sp³-hybridized carbons (Fsp3) is 0.211. The molecular formula is C19H15F4N5. The topological polar surface area (TPSA) is 48.5 Å². The molecule has 0 saturated carbocycles. The lowest BCUT2D eigenvalue weighted by atomic mass is 10.1. The van der Waals surface area contributed by atoms with Gasteiger partial charge in [0, 0.05) is 18.3 Å². The van der Waals surface area contributed by atoms with E-state index >= 15 is 0 Å². The zero-order valence-corrected chi connectivity index (χ0v) is 15.2. The Kier molecular flexibility index (Phi) is 3.99. The van der Waals surface area contributed by atoms with Crippen LogP contribution in [0.25, 0.3) is 28.0 Å². The average Bonchev–Trinajstić information content (AvgIpc) is 3.14. The van der Waals surface area contributed by atoms with Gasteiger partial charge >= 0.3 is 6.18 Å². The number of hydrogen-bond donors (Lipinski definition) is 0. The van der Waals surface area contributed by atoms with E-state index in [0.29, 0.717) is 11.3 Å². The number of pyridine rings is 1. The van der Waals surface area contributed by atoms with Gasteiger partial charge in [0.25, 0.3) is 0 Å². The number of halogens is 4. The highest BCUT2D eigenvalue weighted by Gasteiger charge is 2.36. The first kappa shape index (κ1) is 18.1. The van der Waals surface area contributed by atoms with Crippen LogP contribution in [0, 0.1) is 19.7 Å². The summed E-state index contributed by atoms with van der Waals surface area (Å²) in [5.74, 6) is -0.606. The number of aromatic nitrogens is 5.